The van der Waals surface area contributed by atoms with Gasteiger partial charge in [0.05, 0.1) is 17.6 Å². The van der Waals surface area contributed by atoms with E-state index in [0.29, 0.717) is 13.0 Å². The first-order valence-electron chi connectivity index (χ1n) is 7.65. The van der Waals surface area contributed by atoms with Crippen molar-refractivity contribution in [2.24, 2.45) is 0 Å². The van der Waals surface area contributed by atoms with E-state index in [0.717, 1.165) is 28.3 Å². The number of aryl methyl sites for hydroxylation is 1. The minimum absolute atomic E-state index is 0.351. The molecule has 0 saturated heterocycles. The molecule has 22 heavy (non-hydrogen) atoms. The second-order valence-corrected chi connectivity index (χ2v) is 6.34. The molecule has 1 aromatic heterocycles. The number of aliphatic hydroxyl groups excluding tert-OH is 1. The van der Waals surface area contributed by atoms with Gasteiger partial charge in [-0.15, -0.1) is 11.3 Å². The topological polar surface area (TPSA) is 29.5 Å². The molecule has 0 fully saturated rings. The summed E-state index contributed by atoms with van der Waals surface area (Å²) in [5.74, 6) is 7.14. The van der Waals surface area contributed by atoms with E-state index in [9.17, 15) is 5.11 Å². The maximum Gasteiger partial charge on any atom is 0.119 e. The van der Waals surface area contributed by atoms with E-state index >= 15 is 0 Å². The SMILES string of the molecule is CCCC(O)c1ccc(C#CCCOc2ccc(C)cc2)s1. The summed E-state index contributed by atoms with van der Waals surface area (Å²) >= 11 is 1.57. The third-order valence-corrected chi connectivity index (χ3v) is 4.35. The average Bonchev–Trinajstić information content (AvgIpc) is 2.98. The Morgan fingerprint density at radius 1 is 1.18 bits per heavy atom. The smallest absolute Gasteiger partial charge is 0.119 e. The van der Waals surface area contributed by atoms with Crippen LogP contribution in [0.1, 0.15) is 47.6 Å². The van der Waals surface area contributed by atoms with Crippen LogP contribution in [0.3, 0.4) is 0 Å². The highest BCUT2D eigenvalue weighted by atomic mass is 32.1. The van der Waals surface area contributed by atoms with Crippen LogP contribution in [0.2, 0.25) is 0 Å². The molecule has 0 bridgehead atoms. The van der Waals surface area contributed by atoms with Gasteiger partial charge in [0, 0.05) is 11.3 Å². The standard InChI is InChI=1S/C19H22O2S/c1-3-6-18(20)19-13-12-17(22-19)7-4-5-14-21-16-10-8-15(2)9-11-16/h8-13,18,20H,3,5-6,14H2,1-2H3. The van der Waals surface area contributed by atoms with E-state index < -0.39 is 0 Å². The van der Waals surface area contributed by atoms with Crippen LogP contribution < -0.4 is 4.74 Å². The summed E-state index contributed by atoms with van der Waals surface area (Å²) in [5, 5.41) is 9.93. The number of hydrogen-bond donors (Lipinski definition) is 1. The van der Waals surface area contributed by atoms with Crippen LogP contribution in [0.5, 0.6) is 5.75 Å². The number of benzene rings is 1. The fourth-order valence-corrected chi connectivity index (χ4v) is 2.92. The summed E-state index contributed by atoms with van der Waals surface area (Å²) in [6, 6.07) is 12.0. The molecule has 1 atom stereocenters. The fraction of sp³-hybridized carbons (Fsp3) is 0.368. The Morgan fingerprint density at radius 2 is 1.95 bits per heavy atom. The van der Waals surface area contributed by atoms with Crippen LogP contribution in [0, 0.1) is 18.8 Å². The molecule has 3 heteroatoms. The van der Waals surface area contributed by atoms with E-state index in [1.165, 1.54) is 5.56 Å². The van der Waals surface area contributed by atoms with Gasteiger partial charge in [-0.1, -0.05) is 42.9 Å². The second kappa shape index (κ2) is 8.63. The van der Waals surface area contributed by atoms with E-state index in [-0.39, 0.29) is 6.10 Å². The predicted octanol–water partition coefficient (Wildman–Crippen LogP) is 4.71. The molecule has 2 nitrogen and oxygen atoms in total. The maximum atomic E-state index is 9.93. The van der Waals surface area contributed by atoms with Crippen LogP contribution in [0.25, 0.3) is 0 Å². The van der Waals surface area contributed by atoms with Gasteiger partial charge in [-0.25, -0.2) is 0 Å². The third-order valence-electron chi connectivity index (χ3n) is 3.25. The molecule has 0 aliphatic carbocycles. The minimum atomic E-state index is -0.351. The first kappa shape index (κ1) is 16.6. The fourth-order valence-electron chi connectivity index (χ4n) is 2.02. The highest BCUT2D eigenvalue weighted by molar-refractivity contribution is 7.12. The van der Waals surface area contributed by atoms with Crippen molar-refractivity contribution in [3.63, 3.8) is 0 Å². The van der Waals surface area contributed by atoms with Gasteiger partial charge >= 0.3 is 0 Å². The summed E-state index contributed by atoms with van der Waals surface area (Å²) in [6.45, 7) is 4.72. The van der Waals surface area contributed by atoms with E-state index in [1.807, 2.05) is 36.4 Å². The van der Waals surface area contributed by atoms with Gasteiger partial charge in [-0.05, 0) is 37.6 Å². The maximum absolute atomic E-state index is 9.93. The Labute approximate surface area is 136 Å². The summed E-state index contributed by atoms with van der Waals surface area (Å²) in [7, 11) is 0. The predicted molar refractivity (Wildman–Crippen MR) is 92.4 cm³/mol. The van der Waals surface area contributed by atoms with Crippen LogP contribution in [-0.4, -0.2) is 11.7 Å². The number of aliphatic hydroxyl groups is 1. The first-order valence-corrected chi connectivity index (χ1v) is 8.47. The molecule has 1 heterocycles. The molecule has 1 aromatic carbocycles. The lowest BCUT2D eigenvalue weighted by Gasteiger charge is -2.04. The normalized spacial score (nSPS) is 11.6. The Kier molecular flexibility index (Phi) is 6.51. The lowest BCUT2D eigenvalue weighted by Crippen LogP contribution is -1.95. The van der Waals surface area contributed by atoms with Gasteiger partial charge in [-0.3, -0.25) is 0 Å². The van der Waals surface area contributed by atoms with Gasteiger partial charge in [0.1, 0.15) is 5.75 Å². The molecule has 0 saturated carbocycles. The minimum Gasteiger partial charge on any atom is -0.493 e. The summed E-state index contributed by atoms with van der Waals surface area (Å²) < 4.78 is 5.64. The van der Waals surface area contributed by atoms with Gasteiger partial charge < -0.3 is 9.84 Å². The summed E-state index contributed by atoms with van der Waals surface area (Å²) in [5.41, 5.74) is 1.23. The monoisotopic (exact) mass is 314 g/mol. The zero-order chi connectivity index (χ0) is 15.8. The summed E-state index contributed by atoms with van der Waals surface area (Å²) in [4.78, 5) is 2.00. The highest BCUT2D eigenvalue weighted by Gasteiger charge is 2.08. The molecule has 0 radical (unpaired) electrons. The number of ether oxygens (including phenoxy) is 1. The number of rotatable bonds is 6. The molecule has 2 rings (SSSR count). The first-order chi connectivity index (χ1) is 10.7. The van der Waals surface area contributed by atoms with Gasteiger partial charge in [0.2, 0.25) is 0 Å². The quantitative estimate of drug-likeness (QED) is 0.618. The molecule has 0 aliphatic heterocycles. The third kappa shape index (κ3) is 5.22. The molecule has 0 aliphatic rings. The molecule has 1 unspecified atom stereocenters. The second-order valence-electron chi connectivity index (χ2n) is 5.22. The van der Waals surface area contributed by atoms with E-state index in [2.05, 4.69) is 25.7 Å². The Hall–Kier alpha value is -1.76. The van der Waals surface area contributed by atoms with E-state index in [4.69, 9.17) is 4.74 Å². The Morgan fingerprint density at radius 3 is 2.68 bits per heavy atom. The van der Waals surface area contributed by atoms with Gasteiger partial charge in [0.25, 0.3) is 0 Å². The van der Waals surface area contributed by atoms with E-state index in [1.54, 1.807) is 11.3 Å². The molecule has 116 valence electrons. The zero-order valence-corrected chi connectivity index (χ0v) is 14.0. The van der Waals surface area contributed by atoms with Crippen LogP contribution >= 0.6 is 11.3 Å². The van der Waals surface area contributed by atoms with Crippen molar-refractivity contribution in [2.75, 3.05) is 6.61 Å². The lowest BCUT2D eigenvalue weighted by atomic mass is 10.2. The molecular weight excluding hydrogens is 292 g/mol. The molecular formula is C19H22O2S. The molecule has 0 amide bonds. The lowest BCUT2D eigenvalue weighted by molar-refractivity contribution is 0.170. The van der Waals surface area contributed by atoms with Crippen molar-refractivity contribution in [1.82, 2.24) is 0 Å². The molecule has 2 aromatic rings. The van der Waals surface area contributed by atoms with Gasteiger partial charge in [-0.2, -0.15) is 0 Å². The van der Waals surface area contributed by atoms with Crippen molar-refractivity contribution in [3.05, 3.63) is 51.7 Å². The van der Waals surface area contributed by atoms with Crippen LogP contribution in [0.15, 0.2) is 36.4 Å². The Bertz CT molecular complexity index is 631. The highest BCUT2D eigenvalue weighted by Crippen LogP contribution is 2.25. The largest absolute Gasteiger partial charge is 0.493 e. The van der Waals surface area contributed by atoms with Crippen LogP contribution in [0.4, 0.5) is 0 Å². The van der Waals surface area contributed by atoms with Crippen molar-refractivity contribution >= 4 is 11.3 Å². The average molecular weight is 314 g/mol. The number of thiophene rings is 1. The number of hydrogen-bond acceptors (Lipinski definition) is 3. The van der Waals surface area contributed by atoms with Crippen molar-refractivity contribution in [1.29, 1.82) is 0 Å². The molecule has 0 spiro atoms. The Balaban J connectivity index is 1.78. The van der Waals surface area contributed by atoms with Crippen molar-refractivity contribution in [3.8, 4) is 17.6 Å². The van der Waals surface area contributed by atoms with Crippen molar-refractivity contribution < 1.29 is 9.84 Å². The summed E-state index contributed by atoms with van der Waals surface area (Å²) in [6.07, 6.45) is 2.13. The van der Waals surface area contributed by atoms with Gasteiger partial charge in [0.15, 0.2) is 0 Å². The molecule has 1 N–H and O–H groups in total. The van der Waals surface area contributed by atoms with Crippen LogP contribution in [-0.2, 0) is 0 Å². The zero-order valence-electron chi connectivity index (χ0n) is 13.1. The van der Waals surface area contributed by atoms with Crippen molar-refractivity contribution in [2.45, 2.75) is 39.2 Å².